The van der Waals surface area contributed by atoms with Crippen LogP contribution in [0.15, 0.2) is 24.3 Å². The van der Waals surface area contributed by atoms with E-state index in [0.717, 1.165) is 0 Å². The second kappa shape index (κ2) is 4.05. The summed E-state index contributed by atoms with van der Waals surface area (Å²) in [5, 5.41) is 18.6. The van der Waals surface area contributed by atoms with Crippen molar-refractivity contribution in [2.75, 3.05) is 5.73 Å². The van der Waals surface area contributed by atoms with Gasteiger partial charge in [0, 0.05) is 23.9 Å². The van der Waals surface area contributed by atoms with Crippen LogP contribution in [0.3, 0.4) is 0 Å². The Morgan fingerprint density at radius 1 is 1.57 bits per heavy atom. The molecule has 14 heavy (non-hydrogen) atoms. The lowest BCUT2D eigenvalue weighted by molar-refractivity contribution is -0.384. The van der Waals surface area contributed by atoms with E-state index in [4.69, 9.17) is 11.0 Å². The van der Waals surface area contributed by atoms with Crippen LogP contribution in [-0.4, -0.2) is 4.92 Å². The smallest absolute Gasteiger partial charge is 0.271 e. The summed E-state index contributed by atoms with van der Waals surface area (Å²) < 4.78 is 0. The van der Waals surface area contributed by atoms with Gasteiger partial charge in [-0.2, -0.15) is 5.26 Å². The highest BCUT2D eigenvalue weighted by Crippen LogP contribution is 2.20. The second-order valence-corrected chi connectivity index (χ2v) is 2.53. The molecule has 0 amide bonds. The predicted molar refractivity (Wildman–Crippen MR) is 52.2 cm³/mol. The average molecular weight is 189 g/mol. The van der Waals surface area contributed by atoms with Crippen LogP contribution in [-0.2, 0) is 0 Å². The van der Waals surface area contributed by atoms with Gasteiger partial charge in [-0.1, -0.05) is 0 Å². The number of nitrogens with two attached hydrogens (primary N) is 1. The molecule has 1 aromatic rings. The molecule has 0 radical (unpaired) electrons. The summed E-state index contributed by atoms with van der Waals surface area (Å²) in [4.78, 5) is 9.84. The van der Waals surface area contributed by atoms with Gasteiger partial charge in [-0.05, 0) is 17.7 Å². The number of nitro benzene ring substituents is 1. The van der Waals surface area contributed by atoms with Crippen LogP contribution < -0.4 is 5.73 Å². The molecule has 0 atom stereocenters. The van der Waals surface area contributed by atoms with Crippen molar-refractivity contribution < 1.29 is 4.92 Å². The third kappa shape index (κ3) is 2.08. The number of benzene rings is 1. The molecule has 1 aromatic carbocycles. The lowest BCUT2D eigenvalue weighted by atomic mass is 10.1. The summed E-state index contributed by atoms with van der Waals surface area (Å²) in [5.41, 5.74) is 6.35. The number of nitriles is 1. The predicted octanol–water partition coefficient (Wildman–Crippen LogP) is 1.71. The van der Waals surface area contributed by atoms with Crippen molar-refractivity contribution in [1.82, 2.24) is 0 Å². The van der Waals surface area contributed by atoms with Crippen molar-refractivity contribution >= 4 is 17.5 Å². The number of nitrogens with zero attached hydrogens (tertiary/aromatic N) is 2. The number of rotatable bonds is 2. The van der Waals surface area contributed by atoms with Crippen molar-refractivity contribution in [1.29, 1.82) is 5.26 Å². The van der Waals surface area contributed by atoms with Gasteiger partial charge in [-0.15, -0.1) is 0 Å². The number of hydrogen-bond acceptors (Lipinski definition) is 4. The lowest BCUT2D eigenvalue weighted by Crippen LogP contribution is -1.93. The van der Waals surface area contributed by atoms with Crippen LogP contribution in [0.25, 0.3) is 6.08 Å². The number of nitro groups is 1. The van der Waals surface area contributed by atoms with Crippen molar-refractivity contribution in [2.24, 2.45) is 0 Å². The Morgan fingerprint density at radius 2 is 2.29 bits per heavy atom. The third-order valence-electron chi connectivity index (χ3n) is 1.62. The zero-order chi connectivity index (χ0) is 10.6. The first-order chi connectivity index (χ1) is 6.65. The van der Waals surface area contributed by atoms with Crippen molar-refractivity contribution in [3.05, 3.63) is 40.0 Å². The number of anilines is 1. The van der Waals surface area contributed by atoms with Gasteiger partial charge >= 0.3 is 0 Å². The first-order valence-corrected chi connectivity index (χ1v) is 3.75. The van der Waals surface area contributed by atoms with E-state index in [0.29, 0.717) is 5.56 Å². The van der Waals surface area contributed by atoms with Gasteiger partial charge in [0.25, 0.3) is 5.69 Å². The van der Waals surface area contributed by atoms with E-state index in [1.165, 1.54) is 30.4 Å². The minimum atomic E-state index is -0.520. The summed E-state index contributed by atoms with van der Waals surface area (Å²) in [6.07, 6.45) is 2.76. The van der Waals surface area contributed by atoms with Gasteiger partial charge in [0.1, 0.15) is 0 Å². The second-order valence-electron chi connectivity index (χ2n) is 2.53. The maximum absolute atomic E-state index is 10.4. The average Bonchev–Trinajstić information content (AvgIpc) is 2.15. The number of non-ortho nitro benzene ring substituents is 1. The Hall–Kier alpha value is -2.35. The Kier molecular flexibility index (Phi) is 2.82. The fourth-order valence-corrected chi connectivity index (χ4v) is 0.955. The van der Waals surface area contributed by atoms with Crippen LogP contribution in [0.4, 0.5) is 11.4 Å². The zero-order valence-electron chi connectivity index (χ0n) is 7.18. The molecule has 5 nitrogen and oxygen atoms in total. The quantitative estimate of drug-likeness (QED) is 0.331. The van der Waals surface area contributed by atoms with E-state index in [-0.39, 0.29) is 11.4 Å². The van der Waals surface area contributed by atoms with Crippen LogP contribution in [0.2, 0.25) is 0 Å². The number of hydrogen-bond donors (Lipinski definition) is 1. The van der Waals surface area contributed by atoms with E-state index in [2.05, 4.69) is 0 Å². The lowest BCUT2D eigenvalue weighted by Gasteiger charge is -1.98. The van der Waals surface area contributed by atoms with Crippen molar-refractivity contribution in [3.63, 3.8) is 0 Å². The van der Waals surface area contributed by atoms with Crippen LogP contribution in [0.1, 0.15) is 5.56 Å². The molecule has 0 spiro atoms. The van der Waals surface area contributed by atoms with Crippen molar-refractivity contribution in [3.8, 4) is 6.07 Å². The molecular formula is C9H7N3O2. The maximum atomic E-state index is 10.4. The molecule has 2 N–H and O–H groups in total. The highest BCUT2D eigenvalue weighted by atomic mass is 16.6. The highest BCUT2D eigenvalue weighted by molar-refractivity contribution is 5.68. The van der Waals surface area contributed by atoms with Gasteiger partial charge < -0.3 is 5.73 Å². The Labute approximate surface area is 80.2 Å². The minimum Gasteiger partial charge on any atom is -0.398 e. The first-order valence-electron chi connectivity index (χ1n) is 3.75. The van der Waals surface area contributed by atoms with Gasteiger partial charge in [-0.25, -0.2) is 0 Å². The van der Waals surface area contributed by atoms with Crippen LogP contribution in [0, 0.1) is 21.4 Å². The largest absolute Gasteiger partial charge is 0.398 e. The highest BCUT2D eigenvalue weighted by Gasteiger charge is 2.06. The molecule has 0 aromatic heterocycles. The SMILES string of the molecule is N#CC=Cc1ccc([N+](=O)[O-])cc1N. The summed E-state index contributed by atoms with van der Waals surface area (Å²) in [5.74, 6) is 0. The molecule has 5 heteroatoms. The number of allylic oxidation sites excluding steroid dienone is 1. The molecule has 0 heterocycles. The van der Waals surface area contributed by atoms with E-state index in [1.54, 1.807) is 0 Å². The molecule has 1 rings (SSSR count). The summed E-state index contributed by atoms with van der Waals surface area (Å²) in [7, 11) is 0. The van der Waals surface area contributed by atoms with E-state index in [1.807, 2.05) is 6.07 Å². The van der Waals surface area contributed by atoms with Gasteiger partial charge in [0.2, 0.25) is 0 Å². The monoisotopic (exact) mass is 189 g/mol. The van der Waals surface area contributed by atoms with Gasteiger partial charge in [0.15, 0.2) is 0 Å². The molecule has 0 unspecified atom stereocenters. The summed E-state index contributed by atoms with van der Waals surface area (Å²) in [6, 6.07) is 5.91. The van der Waals surface area contributed by atoms with E-state index < -0.39 is 4.92 Å². The number of nitrogen functional groups attached to an aromatic ring is 1. The van der Waals surface area contributed by atoms with Gasteiger partial charge in [-0.3, -0.25) is 10.1 Å². The summed E-state index contributed by atoms with van der Waals surface area (Å²) in [6.45, 7) is 0. The standard InChI is InChI=1S/C9H7N3O2/c10-5-1-2-7-3-4-8(12(13)14)6-9(7)11/h1-4,6H,11H2. The van der Waals surface area contributed by atoms with Crippen molar-refractivity contribution in [2.45, 2.75) is 0 Å². The molecular weight excluding hydrogens is 182 g/mol. The Morgan fingerprint density at radius 3 is 2.79 bits per heavy atom. The normalized spacial score (nSPS) is 9.93. The van der Waals surface area contributed by atoms with Crippen LogP contribution >= 0.6 is 0 Å². The molecule has 0 saturated heterocycles. The minimum absolute atomic E-state index is 0.0587. The summed E-state index contributed by atoms with van der Waals surface area (Å²) >= 11 is 0. The van der Waals surface area contributed by atoms with Gasteiger partial charge in [0.05, 0.1) is 11.0 Å². The van der Waals surface area contributed by atoms with Crippen LogP contribution in [0.5, 0.6) is 0 Å². The fraction of sp³-hybridized carbons (Fsp3) is 0. The molecule has 0 fully saturated rings. The first kappa shape index (κ1) is 9.74. The van der Waals surface area contributed by atoms with E-state index in [9.17, 15) is 10.1 Å². The Bertz CT molecular complexity index is 432. The molecule has 0 bridgehead atoms. The molecule has 0 aliphatic rings. The molecule has 70 valence electrons. The third-order valence-corrected chi connectivity index (χ3v) is 1.62. The molecule has 0 aliphatic heterocycles. The molecule has 0 aliphatic carbocycles. The fourth-order valence-electron chi connectivity index (χ4n) is 0.955. The van der Waals surface area contributed by atoms with E-state index >= 15 is 0 Å². The topological polar surface area (TPSA) is 92.9 Å². The maximum Gasteiger partial charge on any atom is 0.271 e. The Balaban J connectivity index is 3.09. The molecule has 0 saturated carbocycles. The zero-order valence-corrected chi connectivity index (χ0v) is 7.18.